The molecule has 0 fully saturated rings. The number of aldehydes is 1. The molecule has 0 radical (unpaired) electrons. The lowest BCUT2D eigenvalue weighted by molar-refractivity contribution is -0.120. The van der Waals surface area contributed by atoms with E-state index < -0.39 is 18.0 Å². The molecule has 0 heterocycles. The van der Waals surface area contributed by atoms with Gasteiger partial charge in [-0.3, -0.25) is 4.79 Å². The minimum atomic E-state index is -0.979. The van der Waals surface area contributed by atoms with Crippen LogP contribution >= 0.6 is 0 Å². The van der Waals surface area contributed by atoms with Crippen molar-refractivity contribution in [1.82, 2.24) is 5.32 Å². The number of fused-ring (bicyclic) bond motifs is 3. The first-order chi connectivity index (χ1) is 12.1. The summed E-state index contributed by atoms with van der Waals surface area (Å²) in [5.74, 6) is -0.736. The molecule has 0 aliphatic heterocycles. The highest BCUT2D eigenvalue weighted by Crippen LogP contribution is 2.44. The number of hydrogen-bond acceptors (Lipinski definition) is 4. The fourth-order valence-corrected chi connectivity index (χ4v) is 3.14. The van der Waals surface area contributed by atoms with Crippen LogP contribution in [0, 0.1) is 0 Å². The van der Waals surface area contributed by atoms with E-state index in [-0.39, 0.29) is 18.9 Å². The van der Waals surface area contributed by atoms with Crippen LogP contribution in [0.3, 0.4) is 0 Å². The maximum Gasteiger partial charge on any atom is 0.407 e. The molecule has 1 atom stereocenters. The van der Waals surface area contributed by atoms with Crippen LogP contribution in [0.25, 0.3) is 11.1 Å². The minimum Gasteiger partial charge on any atom is -0.449 e. The fraction of sp³-hybridized carbons (Fsp3) is 0.211. The third-order valence-electron chi connectivity index (χ3n) is 4.23. The van der Waals surface area contributed by atoms with E-state index in [2.05, 4.69) is 5.32 Å². The fourth-order valence-electron chi connectivity index (χ4n) is 3.14. The lowest BCUT2D eigenvalue weighted by atomic mass is 9.98. The molecule has 1 unspecified atom stereocenters. The maximum absolute atomic E-state index is 11.9. The van der Waals surface area contributed by atoms with Gasteiger partial charge in [0.05, 0.1) is 12.5 Å². The SMILES string of the molecule is NC(=O)CC(C=O)NC(=O)OCC1c2ccccc2-c2ccccc21. The zero-order valence-electron chi connectivity index (χ0n) is 13.5. The van der Waals surface area contributed by atoms with Crippen LogP contribution in [0.5, 0.6) is 0 Å². The Morgan fingerprint density at radius 3 is 2.16 bits per heavy atom. The van der Waals surface area contributed by atoms with Crippen molar-refractivity contribution in [1.29, 1.82) is 0 Å². The van der Waals surface area contributed by atoms with Gasteiger partial charge in [0.1, 0.15) is 12.9 Å². The summed E-state index contributed by atoms with van der Waals surface area (Å²) >= 11 is 0. The second kappa shape index (κ2) is 7.17. The van der Waals surface area contributed by atoms with Gasteiger partial charge in [0, 0.05) is 5.92 Å². The topological polar surface area (TPSA) is 98.5 Å². The Morgan fingerprint density at radius 1 is 1.08 bits per heavy atom. The summed E-state index contributed by atoms with van der Waals surface area (Å²) in [5, 5.41) is 2.34. The van der Waals surface area contributed by atoms with Gasteiger partial charge in [0.15, 0.2) is 0 Å². The first-order valence-corrected chi connectivity index (χ1v) is 7.95. The summed E-state index contributed by atoms with van der Waals surface area (Å²) in [6.07, 6.45) is -0.542. The van der Waals surface area contributed by atoms with Crippen molar-refractivity contribution in [3.63, 3.8) is 0 Å². The molecule has 25 heavy (non-hydrogen) atoms. The van der Waals surface area contributed by atoms with E-state index in [1.807, 2.05) is 48.5 Å². The standard InChI is InChI=1S/C19H18N2O4/c20-18(23)9-12(10-22)21-19(24)25-11-17-15-7-3-1-5-13(15)14-6-2-4-8-16(14)17/h1-8,10,12,17H,9,11H2,(H2,20,23)(H,21,24). The predicted molar refractivity (Wildman–Crippen MR) is 91.9 cm³/mol. The monoisotopic (exact) mass is 338 g/mol. The normalized spacial score (nSPS) is 13.4. The summed E-state index contributed by atoms with van der Waals surface area (Å²) in [4.78, 5) is 33.7. The van der Waals surface area contributed by atoms with Gasteiger partial charge < -0.3 is 20.6 Å². The van der Waals surface area contributed by atoms with Crippen LogP contribution in [-0.4, -0.2) is 30.9 Å². The minimum absolute atomic E-state index is 0.0658. The summed E-state index contributed by atoms with van der Waals surface area (Å²) < 4.78 is 5.29. The van der Waals surface area contributed by atoms with E-state index in [1.54, 1.807) is 0 Å². The summed E-state index contributed by atoms with van der Waals surface area (Å²) in [7, 11) is 0. The van der Waals surface area contributed by atoms with Crippen molar-refractivity contribution >= 4 is 18.3 Å². The third-order valence-corrected chi connectivity index (χ3v) is 4.23. The molecule has 0 aromatic heterocycles. The Labute approximate surface area is 145 Å². The number of rotatable bonds is 6. The number of primary amides is 1. The van der Waals surface area contributed by atoms with Crippen molar-refractivity contribution < 1.29 is 19.1 Å². The molecule has 1 aliphatic carbocycles. The Hall–Kier alpha value is -3.15. The van der Waals surface area contributed by atoms with Gasteiger partial charge in [-0.25, -0.2) is 4.79 Å². The molecule has 3 rings (SSSR count). The Morgan fingerprint density at radius 2 is 1.64 bits per heavy atom. The van der Waals surface area contributed by atoms with Gasteiger partial charge in [-0.05, 0) is 22.3 Å². The van der Waals surface area contributed by atoms with E-state index in [0.29, 0.717) is 6.29 Å². The average Bonchev–Trinajstić information content (AvgIpc) is 2.93. The van der Waals surface area contributed by atoms with Crippen LogP contribution < -0.4 is 11.1 Å². The van der Waals surface area contributed by atoms with Gasteiger partial charge in [-0.2, -0.15) is 0 Å². The maximum atomic E-state index is 11.9. The lowest BCUT2D eigenvalue weighted by Gasteiger charge is -2.16. The molecule has 2 aromatic carbocycles. The zero-order valence-corrected chi connectivity index (χ0v) is 13.5. The van der Waals surface area contributed by atoms with Gasteiger partial charge in [0.25, 0.3) is 0 Å². The van der Waals surface area contributed by atoms with Crippen molar-refractivity contribution in [3.8, 4) is 11.1 Å². The van der Waals surface area contributed by atoms with Crippen molar-refractivity contribution in [2.24, 2.45) is 5.73 Å². The Bertz CT molecular complexity index is 773. The number of hydrogen-bond donors (Lipinski definition) is 2. The van der Waals surface area contributed by atoms with Gasteiger partial charge in [-0.15, -0.1) is 0 Å². The summed E-state index contributed by atoms with van der Waals surface area (Å²) in [6.45, 7) is 0.141. The van der Waals surface area contributed by atoms with E-state index in [0.717, 1.165) is 22.3 Å². The number of carbonyl (C=O) groups excluding carboxylic acids is 3. The van der Waals surface area contributed by atoms with E-state index in [9.17, 15) is 14.4 Å². The van der Waals surface area contributed by atoms with Crippen molar-refractivity contribution in [3.05, 3.63) is 59.7 Å². The summed E-state index contributed by atoms with van der Waals surface area (Å²) in [5.41, 5.74) is 9.49. The number of nitrogens with two attached hydrogens (primary N) is 1. The molecule has 0 saturated carbocycles. The van der Waals surface area contributed by atoms with Crippen LogP contribution in [0.2, 0.25) is 0 Å². The molecule has 1 aliphatic rings. The number of alkyl carbamates (subject to hydrolysis) is 1. The zero-order chi connectivity index (χ0) is 17.8. The molecule has 0 spiro atoms. The molecular formula is C19H18N2O4. The third kappa shape index (κ3) is 3.52. The molecule has 3 N–H and O–H groups in total. The van der Waals surface area contributed by atoms with Crippen molar-refractivity contribution in [2.75, 3.05) is 6.61 Å². The van der Waals surface area contributed by atoms with Gasteiger partial charge >= 0.3 is 6.09 Å². The number of ether oxygens (including phenoxy) is 1. The molecule has 6 nitrogen and oxygen atoms in total. The van der Waals surface area contributed by atoms with Crippen LogP contribution in [0.4, 0.5) is 4.79 Å². The average molecular weight is 338 g/mol. The molecule has 0 saturated heterocycles. The van der Waals surface area contributed by atoms with Crippen molar-refractivity contribution in [2.45, 2.75) is 18.4 Å². The number of nitrogens with one attached hydrogen (secondary N) is 1. The highest BCUT2D eigenvalue weighted by atomic mass is 16.5. The second-order valence-electron chi connectivity index (χ2n) is 5.88. The van der Waals surface area contributed by atoms with Crippen LogP contribution in [0.1, 0.15) is 23.5 Å². The van der Waals surface area contributed by atoms with E-state index in [4.69, 9.17) is 10.5 Å². The number of benzene rings is 2. The van der Waals surface area contributed by atoms with Gasteiger partial charge in [0.2, 0.25) is 5.91 Å². The first kappa shape index (κ1) is 16.7. The second-order valence-corrected chi connectivity index (χ2v) is 5.88. The molecule has 6 heteroatoms. The molecular weight excluding hydrogens is 320 g/mol. The summed E-state index contributed by atoms with van der Waals surface area (Å²) in [6, 6.07) is 15.0. The largest absolute Gasteiger partial charge is 0.449 e. The van der Waals surface area contributed by atoms with Gasteiger partial charge in [-0.1, -0.05) is 48.5 Å². The Balaban J connectivity index is 1.70. The lowest BCUT2D eigenvalue weighted by Crippen LogP contribution is -2.39. The number of amides is 2. The van der Waals surface area contributed by atoms with E-state index >= 15 is 0 Å². The molecule has 2 amide bonds. The van der Waals surface area contributed by atoms with Crippen LogP contribution in [-0.2, 0) is 14.3 Å². The van der Waals surface area contributed by atoms with Crippen LogP contribution in [0.15, 0.2) is 48.5 Å². The smallest absolute Gasteiger partial charge is 0.407 e. The molecule has 128 valence electrons. The Kier molecular flexibility index (Phi) is 4.79. The molecule has 0 bridgehead atoms. The quantitative estimate of drug-likeness (QED) is 0.787. The number of carbonyl (C=O) groups is 3. The molecule has 2 aromatic rings. The first-order valence-electron chi connectivity index (χ1n) is 7.95. The highest BCUT2D eigenvalue weighted by molar-refractivity contribution is 5.82. The van der Waals surface area contributed by atoms with E-state index in [1.165, 1.54) is 0 Å². The highest BCUT2D eigenvalue weighted by Gasteiger charge is 2.29. The predicted octanol–water partition coefficient (Wildman–Crippen LogP) is 1.97.